The molecule has 3 aromatic carbocycles. The fraction of sp³-hybridized carbons (Fsp3) is 0.130. The summed E-state index contributed by atoms with van der Waals surface area (Å²) >= 11 is 0. The van der Waals surface area contributed by atoms with Gasteiger partial charge in [-0.1, -0.05) is 77.5 Å². The summed E-state index contributed by atoms with van der Waals surface area (Å²) in [5.41, 5.74) is 4.98. The van der Waals surface area contributed by atoms with E-state index in [0.29, 0.717) is 0 Å². The summed E-state index contributed by atoms with van der Waals surface area (Å²) in [5, 5.41) is 8.42. The fourth-order valence-electron chi connectivity index (χ4n) is 3.62. The minimum absolute atomic E-state index is 0.0504. The van der Waals surface area contributed by atoms with E-state index in [1.54, 1.807) is 4.68 Å². The van der Waals surface area contributed by atoms with Gasteiger partial charge < -0.3 is 4.74 Å². The van der Waals surface area contributed by atoms with Crippen molar-refractivity contribution in [1.29, 1.82) is 0 Å². The van der Waals surface area contributed by atoms with Gasteiger partial charge >= 0.3 is 0 Å². The number of aromatic nitrogens is 3. The lowest BCUT2D eigenvalue weighted by Crippen LogP contribution is -2.14. The molecule has 2 unspecified atom stereocenters. The summed E-state index contributed by atoms with van der Waals surface area (Å²) in [6.45, 7) is 2.10. The lowest BCUT2D eigenvalue weighted by atomic mass is 9.87. The van der Waals surface area contributed by atoms with Crippen molar-refractivity contribution in [3.63, 3.8) is 0 Å². The Bertz CT molecular complexity index is 1120. The number of hydrogen-bond acceptors (Lipinski definition) is 3. The van der Waals surface area contributed by atoms with E-state index in [1.165, 1.54) is 5.56 Å². The molecule has 5 rings (SSSR count). The molecule has 1 saturated heterocycles. The van der Waals surface area contributed by atoms with Gasteiger partial charge in [0, 0.05) is 6.20 Å². The number of aryl methyl sites for hydroxylation is 1. The van der Waals surface area contributed by atoms with Crippen LogP contribution in [0.5, 0.6) is 0 Å². The van der Waals surface area contributed by atoms with Crippen molar-refractivity contribution in [1.82, 2.24) is 15.0 Å². The Hall–Kier alpha value is -3.24. The molecule has 1 aliphatic heterocycles. The maximum atomic E-state index is 6.28. The molecule has 4 aromatic rings. The number of benzene rings is 3. The van der Waals surface area contributed by atoms with Crippen LogP contribution >= 0.6 is 0 Å². The molecule has 1 fully saturated rings. The third kappa shape index (κ3) is 2.66. The van der Waals surface area contributed by atoms with Crippen molar-refractivity contribution in [2.45, 2.75) is 18.6 Å². The van der Waals surface area contributed by atoms with Gasteiger partial charge in [-0.05, 0) is 36.3 Å². The van der Waals surface area contributed by atoms with Gasteiger partial charge in [0.25, 0.3) is 0 Å². The molecule has 2 atom stereocenters. The van der Waals surface area contributed by atoms with Gasteiger partial charge in [0.15, 0.2) is 0 Å². The van der Waals surface area contributed by atoms with Crippen molar-refractivity contribution in [3.05, 3.63) is 102 Å². The largest absolute Gasteiger partial charge is 0.351 e. The second-order valence-electron chi connectivity index (χ2n) is 6.87. The highest BCUT2D eigenvalue weighted by molar-refractivity contribution is 5.75. The number of para-hydroxylation sites is 1. The number of nitrogens with zero attached hydrogens (tertiary/aromatic N) is 3. The number of hydrogen-bond donors (Lipinski definition) is 0. The minimum Gasteiger partial charge on any atom is -0.351 e. The average Bonchev–Trinajstić information content (AvgIpc) is 3.31. The average molecular weight is 353 g/mol. The number of epoxide rings is 1. The van der Waals surface area contributed by atoms with Crippen LogP contribution in [0.4, 0.5) is 0 Å². The summed E-state index contributed by atoms with van der Waals surface area (Å²) in [6, 6.07) is 26.9. The summed E-state index contributed by atoms with van der Waals surface area (Å²) in [7, 11) is 0. The highest BCUT2D eigenvalue weighted by Crippen LogP contribution is 2.52. The van der Waals surface area contributed by atoms with Crippen molar-refractivity contribution in [2.75, 3.05) is 0 Å². The van der Waals surface area contributed by atoms with E-state index in [1.807, 2.05) is 36.5 Å². The van der Waals surface area contributed by atoms with Gasteiger partial charge in [-0.15, -0.1) is 5.10 Å². The number of ether oxygens (including phenoxy) is 1. The SMILES string of the molecule is Cc1ccc(C2(c3ccccc3)OC2C=Cn2nnc3ccccc32)cc1. The first-order valence-electron chi connectivity index (χ1n) is 9.06. The summed E-state index contributed by atoms with van der Waals surface area (Å²) in [4.78, 5) is 0. The lowest BCUT2D eigenvalue weighted by Gasteiger charge is -2.14. The smallest absolute Gasteiger partial charge is 0.149 e. The van der Waals surface area contributed by atoms with E-state index in [4.69, 9.17) is 4.74 Å². The molecule has 0 amide bonds. The predicted octanol–water partition coefficient (Wildman–Crippen LogP) is 4.55. The van der Waals surface area contributed by atoms with Crippen LogP contribution in [-0.2, 0) is 10.3 Å². The van der Waals surface area contributed by atoms with Crippen LogP contribution in [0.25, 0.3) is 17.2 Å². The van der Waals surface area contributed by atoms with Crippen molar-refractivity contribution in [3.8, 4) is 0 Å². The van der Waals surface area contributed by atoms with Crippen LogP contribution < -0.4 is 0 Å². The van der Waals surface area contributed by atoms with Crippen LogP contribution in [0, 0.1) is 6.92 Å². The maximum absolute atomic E-state index is 6.28. The number of rotatable bonds is 4. The van der Waals surface area contributed by atoms with Gasteiger partial charge in [-0.25, -0.2) is 4.68 Å². The second-order valence-corrected chi connectivity index (χ2v) is 6.87. The molecule has 0 aliphatic carbocycles. The summed E-state index contributed by atoms with van der Waals surface area (Å²) in [5.74, 6) is 0. The van der Waals surface area contributed by atoms with Gasteiger partial charge in [-0.3, -0.25) is 0 Å². The standard InChI is InChI=1S/C23H19N3O/c1-17-11-13-19(14-12-17)23(18-7-3-2-4-8-18)22(27-23)15-16-26-21-10-6-5-9-20(21)24-25-26/h2-16,22H,1H3. The van der Waals surface area contributed by atoms with Crippen LogP contribution in [0.15, 0.2) is 84.9 Å². The molecule has 27 heavy (non-hydrogen) atoms. The molecule has 4 nitrogen and oxygen atoms in total. The normalized spacial score (nSPS) is 21.7. The molecule has 0 bridgehead atoms. The molecule has 0 saturated carbocycles. The van der Waals surface area contributed by atoms with Crippen molar-refractivity contribution < 1.29 is 4.74 Å². The maximum Gasteiger partial charge on any atom is 0.149 e. The Morgan fingerprint density at radius 3 is 2.41 bits per heavy atom. The monoisotopic (exact) mass is 353 g/mol. The topological polar surface area (TPSA) is 43.2 Å². The van der Waals surface area contributed by atoms with E-state index in [0.717, 1.165) is 22.2 Å². The Morgan fingerprint density at radius 1 is 0.889 bits per heavy atom. The van der Waals surface area contributed by atoms with E-state index in [-0.39, 0.29) is 6.10 Å². The van der Waals surface area contributed by atoms with E-state index >= 15 is 0 Å². The van der Waals surface area contributed by atoms with E-state index in [9.17, 15) is 0 Å². The highest BCUT2D eigenvalue weighted by Gasteiger charge is 2.57. The number of fused-ring (bicyclic) bond motifs is 1. The first kappa shape index (κ1) is 16.0. The molecule has 2 heterocycles. The molecule has 1 aliphatic rings. The van der Waals surface area contributed by atoms with E-state index < -0.39 is 5.60 Å². The first-order chi connectivity index (χ1) is 13.3. The Morgan fingerprint density at radius 2 is 1.59 bits per heavy atom. The Kier molecular flexibility index (Phi) is 3.66. The lowest BCUT2D eigenvalue weighted by molar-refractivity contribution is 0.338. The predicted molar refractivity (Wildman–Crippen MR) is 106 cm³/mol. The van der Waals surface area contributed by atoms with Crippen LogP contribution in [0.3, 0.4) is 0 Å². The van der Waals surface area contributed by atoms with E-state index in [2.05, 4.69) is 71.8 Å². The van der Waals surface area contributed by atoms with Crippen LogP contribution in [0.2, 0.25) is 0 Å². The molecular weight excluding hydrogens is 334 g/mol. The summed E-state index contributed by atoms with van der Waals surface area (Å²) < 4.78 is 8.07. The van der Waals surface area contributed by atoms with Gasteiger partial charge in [0.05, 0.1) is 5.52 Å². The second kappa shape index (κ2) is 6.18. The minimum atomic E-state index is -0.443. The zero-order valence-electron chi connectivity index (χ0n) is 15.0. The zero-order chi connectivity index (χ0) is 18.3. The third-order valence-corrected chi connectivity index (χ3v) is 5.12. The third-order valence-electron chi connectivity index (χ3n) is 5.12. The molecule has 132 valence electrons. The van der Waals surface area contributed by atoms with Gasteiger partial charge in [0.2, 0.25) is 0 Å². The summed E-state index contributed by atoms with van der Waals surface area (Å²) in [6.07, 6.45) is 3.96. The highest BCUT2D eigenvalue weighted by atomic mass is 16.6. The van der Waals surface area contributed by atoms with Crippen molar-refractivity contribution in [2.24, 2.45) is 0 Å². The molecule has 4 heteroatoms. The van der Waals surface area contributed by atoms with Crippen LogP contribution in [-0.4, -0.2) is 21.1 Å². The quantitative estimate of drug-likeness (QED) is 0.505. The first-order valence-corrected chi connectivity index (χ1v) is 9.06. The fourth-order valence-corrected chi connectivity index (χ4v) is 3.62. The molecule has 0 spiro atoms. The zero-order valence-corrected chi connectivity index (χ0v) is 15.0. The molecule has 0 radical (unpaired) electrons. The molecule has 0 N–H and O–H groups in total. The Labute approximate surface area is 157 Å². The molecular formula is C23H19N3O. The van der Waals surface area contributed by atoms with Crippen LogP contribution in [0.1, 0.15) is 16.7 Å². The van der Waals surface area contributed by atoms with Gasteiger partial charge in [-0.2, -0.15) is 0 Å². The van der Waals surface area contributed by atoms with Crippen molar-refractivity contribution >= 4 is 17.2 Å². The van der Waals surface area contributed by atoms with Gasteiger partial charge in [0.1, 0.15) is 17.2 Å². The molecule has 1 aromatic heterocycles. The Balaban J connectivity index is 1.52.